The van der Waals surface area contributed by atoms with Gasteiger partial charge in [0.25, 0.3) is 0 Å². The van der Waals surface area contributed by atoms with Crippen LogP contribution in [0.4, 0.5) is 0 Å². The molecule has 1 N–H and O–H groups in total. The second-order valence-corrected chi connectivity index (χ2v) is 4.71. The van der Waals surface area contributed by atoms with Gasteiger partial charge in [0.1, 0.15) is 0 Å². The lowest BCUT2D eigenvalue weighted by Crippen LogP contribution is -2.28. The highest BCUT2D eigenvalue weighted by Crippen LogP contribution is 2.28. The minimum Gasteiger partial charge on any atom is -0.464 e. The Morgan fingerprint density at radius 1 is 1.47 bits per heavy atom. The van der Waals surface area contributed by atoms with E-state index in [0.29, 0.717) is 13.0 Å². The van der Waals surface area contributed by atoms with Crippen molar-refractivity contribution in [2.45, 2.75) is 26.3 Å². The van der Waals surface area contributed by atoms with Crippen molar-refractivity contribution in [3.05, 3.63) is 35.5 Å². The minimum absolute atomic E-state index is 0.238. The molecule has 1 aliphatic rings. The van der Waals surface area contributed by atoms with E-state index in [0.717, 1.165) is 16.9 Å². The van der Waals surface area contributed by atoms with E-state index in [4.69, 9.17) is 4.74 Å². The Bertz CT molecular complexity index is 670. The van der Waals surface area contributed by atoms with Crippen LogP contribution in [0.15, 0.2) is 29.3 Å². The number of nitrogens with zero attached hydrogens (tertiary/aromatic N) is 1. The summed E-state index contributed by atoms with van der Waals surface area (Å²) in [5.41, 5.74) is 4.17. The molecule has 0 saturated carbocycles. The lowest BCUT2D eigenvalue weighted by molar-refractivity contribution is -0.144. The number of H-pyrrole nitrogens is 1. The molecule has 0 aliphatic carbocycles. The molecule has 98 valence electrons. The van der Waals surface area contributed by atoms with Gasteiger partial charge in [0, 0.05) is 17.3 Å². The molecular formula is C15H16N2O2. The highest BCUT2D eigenvalue weighted by Gasteiger charge is 2.28. The molecule has 4 heteroatoms. The summed E-state index contributed by atoms with van der Waals surface area (Å²) < 4.78 is 5.08. The van der Waals surface area contributed by atoms with Crippen LogP contribution in [-0.2, 0) is 16.0 Å². The Labute approximate surface area is 111 Å². The second-order valence-electron chi connectivity index (χ2n) is 4.71. The zero-order chi connectivity index (χ0) is 13.4. The fourth-order valence-electron chi connectivity index (χ4n) is 2.63. The van der Waals surface area contributed by atoms with Gasteiger partial charge in [0.2, 0.25) is 0 Å². The van der Waals surface area contributed by atoms with E-state index in [2.05, 4.69) is 16.0 Å². The third-order valence-electron chi connectivity index (χ3n) is 3.48. The maximum Gasteiger partial charge on any atom is 0.331 e. The van der Waals surface area contributed by atoms with Gasteiger partial charge >= 0.3 is 5.97 Å². The summed E-state index contributed by atoms with van der Waals surface area (Å²) in [4.78, 5) is 19.7. The van der Waals surface area contributed by atoms with Crippen molar-refractivity contribution in [3.63, 3.8) is 0 Å². The number of esters is 1. The molecule has 19 heavy (non-hydrogen) atoms. The van der Waals surface area contributed by atoms with Gasteiger partial charge in [-0.25, -0.2) is 4.79 Å². The van der Waals surface area contributed by atoms with Gasteiger partial charge in [-0.2, -0.15) is 0 Å². The summed E-state index contributed by atoms with van der Waals surface area (Å²) in [6, 6.07) is 7.72. The highest BCUT2D eigenvalue weighted by atomic mass is 16.5. The van der Waals surface area contributed by atoms with Gasteiger partial charge in [0.05, 0.1) is 18.0 Å². The van der Waals surface area contributed by atoms with Crippen LogP contribution in [0.1, 0.15) is 25.1 Å². The van der Waals surface area contributed by atoms with Gasteiger partial charge < -0.3 is 9.72 Å². The van der Waals surface area contributed by atoms with Crippen molar-refractivity contribution in [1.82, 2.24) is 4.98 Å². The standard InChI is InChI=1S/C15H16N2O2/c1-3-19-15(18)13-8-11-10-6-4-5-7-12(10)17-14(11)9(2)16-13/h4-7,13,17H,3,8H2,1-2H3. The topological polar surface area (TPSA) is 54.5 Å². The maximum atomic E-state index is 11.9. The molecule has 0 saturated heterocycles. The van der Waals surface area contributed by atoms with Crippen LogP contribution in [0.2, 0.25) is 0 Å². The predicted molar refractivity (Wildman–Crippen MR) is 74.6 cm³/mol. The number of hydrogen-bond donors (Lipinski definition) is 1. The monoisotopic (exact) mass is 256 g/mol. The van der Waals surface area contributed by atoms with Crippen molar-refractivity contribution in [2.24, 2.45) is 4.99 Å². The predicted octanol–water partition coefficient (Wildman–Crippen LogP) is 2.46. The SMILES string of the molecule is CCOC(=O)C1Cc2c([nH]c3ccccc23)C(C)=N1. The van der Waals surface area contributed by atoms with Crippen molar-refractivity contribution < 1.29 is 9.53 Å². The Hall–Kier alpha value is -2.10. The smallest absolute Gasteiger partial charge is 0.331 e. The lowest BCUT2D eigenvalue weighted by Gasteiger charge is -2.18. The van der Waals surface area contributed by atoms with Gasteiger partial charge in [-0.3, -0.25) is 4.99 Å². The molecule has 0 amide bonds. The Kier molecular flexibility index (Phi) is 2.85. The first-order valence-corrected chi connectivity index (χ1v) is 6.51. The van der Waals surface area contributed by atoms with E-state index in [1.165, 1.54) is 10.9 Å². The number of carbonyl (C=O) groups excluding carboxylic acids is 1. The average Bonchev–Trinajstić information content (AvgIpc) is 2.78. The number of hydrogen-bond acceptors (Lipinski definition) is 3. The number of carbonyl (C=O) groups is 1. The quantitative estimate of drug-likeness (QED) is 0.839. The molecule has 1 atom stereocenters. The van der Waals surface area contributed by atoms with Crippen molar-refractivity contribution in [2.75, 3.05) is 6.61 Å². The molecule has 0 fully saturated rings. The second kappa shape index (κ2) is 4.53. The molecule has 0 bridgehead atoms. The van der Waals surface area contributed by atoms with E-state index >= 15 is 0 Å². The van der Waals surface area contributed by atoms with Gasteiger partial charge in [-0.15, -0.1) is 0 Å². The third kappa shape index (κ3) is 1.93. The number of aliphatic imine (C=N–C) groups is 1. The first kappa shape index (κ1) is 12.0. The largest absolute Gasteiger partial charge is 0.464 e. The number of benzene rings is 1. The number of ether oxygens (including phenoxy) is 1. The maximum absolute atomic E-state index is 11.9. The summed E-state index contributed by atoms with van der Waals surface area (Å²) in [5, 5.41) is 1.17. The van der Waals surface area contributed by atoms with Crippen molar-refractivity contribution in [1.29, 1.82) is 0 Å². The van der Waals surface area contributed by atoms with Crippen LogP contribution in [0.3, 0.4) is 0 Å². The number of fused-ring (bicyclic) bond motifs is 3. The summed E-state index contributed by atoms with van der Waals surface area (Å²) in [6.45, 7) is 4.14. The molecule has 1 aromatic heterocycles. The molecule has 3 rings (SSSR count). The summed E-state index contributed by atoms with van der Waals surface area (Å²) >= 11 is 0. The molecule has 0 spiro atoms. The summed E-state index contributed by atoms with van der Waals surface area (Å²) in [6.07, 6.45) is 0.607. The summed E-state index contributed by atoms with van der Waals surface area (Å²) in [5.74, 6) is -0.238. The average molecular weight is 256 g/mol. The van der Waals surface area contributed by atoms with Crippen LogP contribution < -0.4 is 0 Å². The van der Waals surface area contributed by atoms with Crippen LogP contribution in [0.25, 0.3) is 10.9 Å². The highest BCUT2D eigenvalue weighted by molar-refractivity contribution is 6.06. The van der Waals surface area contributed by atoms with E-state index in [1.54, 1.807) is 0 Å². The normalized spacial score (nSPS) is 18.0. The first-order valence-electron chi connectivity index (χ1n) is 6.51. The Balaban J connectivity index is 2.05. The van der Waals surface area contributed by atoms with Crippen molar-refractivity contribution in [3.8, 4) is 0 Å². The number of aromatic nitrogens is 1. The van der Waals surface area contributed by atoms with Crippen LogP contribution in [0.5, 0.6) is 0 Å². The van der Waals surface area contributed by atoms with E-state index < -0.39 is 6.04 Å². The molecule has 1 aliphatic heterocycles. The zero-order valence-corrected chi connectivity index (χ0v) is 11.1. The van der Waals surface area contributed by atoms with Crippen LogP contribution in [-0.4, -0.2) is 29.3 Å². The van der Waals surface area contributed by atoms with Crippen molar-refractivity contribution >= 4 is 22.6 Å². The third-order valence-corrected chi connectivity index (χ3v) is 3.48. The Morgan fingerprint density at radius 2 is 2.26 bits per heavy atom. The van der Waals surface area contributed by atoms with Gasteiger partial charge in [0.15, 0.2) is 6.04 Å². The molecule has 0 radical (unpaired) electrons. The number of rotatable bonds is 2. The fraction of sp³-hybridized carbons (Fsp3) is 0.333. The van der Waals surface area contributed by atoms with Crippen LogP contribution >= 0.6 is 0 Å². The molecule has 1 aromatic carbocycles. The molecule has 2 aromatic rings. The Morgan fingerprint density at radius 3 is 3.05 bits per heavy atom. The van der Waals surface area contributed by atoms with Crippen LogP contribution in [0, 0.1) is 0 Å². The number of nitrogens with one attached hydrogen (secondary N) is 1. The number of aromatic amines is 1. The molecular weight excluding hydrogens is 240 g/mol. The molecule has 2 heterocycles. The molecule has 1 unspecified atom stereocenters. The zero-order valence-electron chi connectivity index (χ0n) is 11.1. The number of para-hydroxylation sites is 1. The first-order chi connectivity index (χ1) is 9.20. The van der Waals surface area contributed by atoms with Gasteiger partial charge in [-0.1, -0.05) is 18.2 Å². The fourth-order valence-corrected chi connectivity index (χ4v) is 2.63. The van der Waals surface area contributed by atoms with E-state index in [-0.39, 0.29) is 5.97 Å². The minimum atomic E-state index is -0.411. The molecule has 4 nitrogen and oxygen atoms in total. The van der Waals surface area contributed by atoms with E-state index in [1.807, 2.05) is 32.0 Å². The summed E-state index contributed by atoms with van der Waals surface area (Å²) in [7, 11) is 0. The van der Waals surface area contributed by atoms with E-state index in [9.17, 15) is 4.79 Å². The van der Waals surface area contributed by atoms with Gasteiger partial charge in [-0.05, 0) is 25.5 Å². The lowest BCUT2D eigenvalue weighted by atomic mass is 9.98.